The van der Waals surface area contributed by atoms with E-state index in [0.29, 0.717) is 17.9 Å². The van der Waals surface area contributed by atoms with E-state index in [2.05, 4.69) is 41.5 Å². The summed E-state index contributed by atoms with van der Waals surface area (Å²) in [6, 6.07) is 17.9. The molecule has 4 nitrogen and oxygen atoms in total. The normalized spacial score (nSPS) is 25.3. The zero-order chi connectivity index (χ0) is 19.6. The highest BCUT2D eigenvalue weighted by Gasteiger charge is 2.50. The molecule has 1 N–H and O–H groups in total. The fourth-order valence-electron chi connectivity index (χ4n) is 5.14. The van der Waals surface area contributed by atoms with E-state index in [4.69, 9.17) is 4.74 Å². The molecule has 5 rings (SSSR count). The van der Waals surface area contributed by atoms with Crippen molar-refractivity contribution in [3.8, 4) is 5.75 Å². The molecule has 2 aromatic rings. The number of benzene rings is 2. The molecule has 0 radical (unpaired) electrons. The van der Waals surface area contributed by atoms with Crippen LogP contribution in [0, 0.1) is 5.92 Å². The molecule has 0 spiro atoms. The van der Waals surface area contributed by atoms with E-state index in [-0.39, 0.29) is 17.5 Å². The van der Waals surface area contributed by atoms with Crippen LogP contribution in [-0.2, 0) is 0 Å². The molecule has 4 heteroatoms. The topological polar surface area (TPSA) is 41.6 Å². The van der Waals surface area contributed by atoms with E-state index in [0.717, 1.165) is 25.3 Å². The number of amides is 1. The maximum Gasteiger partial charge on any atom is 0.255 e. The molecule has 148 valence electrons. The number of hydrogen-bond acceptors (Lipinski definition) is 3. The van der Waals surface area contributed by atoms with Gasteiger partial charge in [0.15, 0.2) is 0 Å². The highest BCUT2D eigenvalue weighted by atomic mass is 16.5. The van der Waals surface area contributed by atoms with Crippen LogP contribution in [0.15, 0.2) is 54.6 Å². The minimum atomic E-state index is -0.0617. The molecular weight excluding hydrogens is 348 g/mol. The van der Waals surface area contributed by atoms with Gasteiger partial charge in [0, 0.05) is 12.1 Å². The second kappa shape index (κ2) is 7.96. The van der Waals surface area contributed by atoms with Crippen molar-refractivity contribution in [1.29, 1.82) is 0 Å². The Morgan fingerprint density at radius 2 is 1.82 bits per heavy atom. The Labute approximate surface area is 167 Å². The average molecular weight is 379 g/mol. The number of piperidine rings is 2. The number of carbonyl (C=O) groups excluding carboxylic acids is 1. The number of rotatable bonds is 6. The molecule has 0 aromatic heterocycles. The van der Waals surface area contributed by atoms with Crippen LogP contribution in [0.25, 0.3) is 0 Å². The Morgan fingerprint density at radius 3 is 2.50 bits per heavy atom. The van der Waals surface area contributed by atoms with Crippen molar-refractivity contribution in [2.75, 3.05) is 20.2 Å². The van der Waals surface area contributed by atoms with E-state index >= 15 is 0 Å². The van der Waals surface area contributed by atoms with E-state index in [1.165, 1.54) is 18.4 Å². The first-order chi connectivity index (χ1) is 13.6. The fourth-order valence-corrected chi connectivity index (χ4v) is 5.14. The van der Waals surface area contributed by atoms with Gasteiger partial charge in [-0.25, -0.2) is 0 Å². The van der Waals surface area contributed by atoms with Crippen molar-refractivity contribution in [2.24, 2.45) is 5.92 Å². The van der Waals surface area contributed by atoms with Crippen LogP contribution in [0.4, 0.5) is 0 Å². The average Bonchev–Trinajstić information content (AvgIpc) is 2.74. The third-order valence-corrected chi connectivity index (χ3v) is 6.64. The molecule has 3 fully saturated rings. The molecule has 3 aliphatic rings. The van der Waals surface area contributed by atoms with Crippen LogP contribution in [0.1, 0.15) is 54.6 Å². The van der Waals surface area contributed by atoms with Gasteiger partial charge < -0.3 is 10.1 Å². The molecule has 1 aliphatic carbocycles. The first kappa shape index (κ1) is 19.0. The molecule has 2 heterocycles. The van der Waals surface area contributed by atoms with Crippen molar-refractivity contribution in [3.63, 3.8) is 0 Å². The zero-order valence-electron chi connectivity index (χ0n) is 16.9. The molecule has 2 aliphatic heterocycles. The number of para-hydroxylation sites is 1. The lowest BCUT2D eigenvalue weighted by Crippen LogP contribution is -2.62. The second-order valence-electron chi connectivity index (χ2n) is 8.17. The van der Waals surface area contributed by atoms with Gasteiger partial charge in [-0.1, -0.05) is 42.5 Å². The predicted octanol–water partition coefficient (Wildman–Crippen LogP) is 4.43. The number of ether oxygens (including phenoxy) is 1. The van der Waals surface area contributed by atoms with Crippen molar-refractivity contribution in [2.45, 2.75) is 44.2 Å². The fraction of sp³-hybridized carbons (Fsp3) is 0.458. The smallest absolute Gasteiger partial charge is 0.255 e. The Bertz CT molecular complexity index is 812. The Hall–Kier alpha value is -2.33. The monoisotopic (exact) mass is 378 g/mol. The molecule has 2 bridgehead atoms. The molecule has 1 amide bonds. The summed E-state index contributed by atoms with van der Waals surface area (Å²) in [6.45, 7) is 3.60. The summed E-state index contributed by atoms with van der Waals surface area (Å²) < 4.78 is 5.70. The standard InChI is InChI=1S/C24H30N2O2/c1-3-28-21-12-8-7-11-20(21)23(27)25-22(19-9-5-4-6-10-19)24-15-13-18(14-16-24)17-26(24)2/h4-12,18,22H,3,13-17H2,1-2H3,(H,25,27)/t18?,22-,24?/m1/s1. The Morgan fingerprint density at radius 1 is 1.14 bits per heavy atom. The van der Waals surface area contributed by atoms with Gasteiger partial charge in [0.2, 0.25) is 0 Å². The second-order valence-corrected chi connectivity index (χ2v) is 8.17. The van der Waals surface area contributed by atoms with Crippen LogP contribution in [-0.4, -0.2) is 36.5 Å². The van der Waals surface area contributed by atoms with Crippen LogP contribution >= 0.6 is 0 Å². The largest absolute Gasteiger partial charge is 0.493 e. The maximum absolute atomic E-state index is 13.3. The van der Waals surface area contributed by atoms with Crippen molar-refractivity contribution in [3.05, 3.63) is 65.7 Å². The van der Waals surface area contributed by atoms with Gasteiger partial charge in [-0.15, -0.1) is 0 Å². The van der Waals surface area contributed by atoms with Gasteiger partial charge in [-0.05, 0) is 63.3 Å². The third-order valence-electron chi connectivity index (χ3n) is 6.64. The lowest BCUT2D eigenvalue weighted by Gasteiger charge is -2.57. The summed E-state index contributed by atoms with van der Waals surface area (Å²) in [4.78, 5) is 15.8. The highest BCUT2D eigenvalue weighted by molar-refractivity contribution is 5.97. The van der Waals surface area contributed by atoms with Gasteiger partial charge >= 0.3 is 0 Å². The van der Waals surface area contributed by atoms with E-state index in [9.17, 15) is 4.79 Å². The van der Waals surface area contributed by atoms with Gasteiger partial charge in [0.1, 0.15) is 5.75 Å². The van der Waals surface area contributed by atoms with Gasteiger partial charge in [0.25, 0.3) is 5.91 Å². The SMILES string of the molecule is CCOc1ccccc1C(=O)N[C@H](c1ccccc1)C12CCC(CC1)CN2C. The molecule has 1 atom stereocenters. The summed E-state index contributed by atoms with van der Waals surface area (Å²) in [5.74, 6) is 1.39. The third kappa shape index (κ3) is 3.42. The minimum absolute atomic E-state index is 0.0215. The first-order valence-corrected chi connectivity index (χ1v) is 10.4. The molecule has 2 aromatic carbocycles. The van der Waals surface area contributed by atoms with Crippen LogP contribution in [0.2, 0.25) is 0 Å². The number of carbonyl (C=O) groups is 1. The van der Waals surface area contributed by atoms with E-state index in [1.807, 2.05) is 37.3 Å². The minimum Gasteiger partial charge on any atom is -0.493 e. The number of nitrogens with one attached hydrogen (secondary N) is 1. The summed E-state index contributed by atoms with van der Waals surface area (Å²) in [5, 5.41) is 3.40. The molecular formula is C24H30N2O2. The molecule has 1 saturated carbocycles. The molecule has 2 saturated heterocycles. The quantitative estimate of drug-likeness (QED) is 0.808. The molecule has 28 heavy (non-hydrogen) atoms. The summed E-state index contributed by atoms with van der Waals surface area (Å²) in [7, 11) is 2.22. The lowest BCUT2D eigenvalue weighted by atomic mass is 9.66. The van der Waals surface area contributed by atoms with Gasteiger partial charge in [-0.2, -0.15) is 0 Å². The van der Waals surface area contributed by atoms with Crippen molar-refractivity contribution < 1.29 is 9.53 Å². The molecule has 0 unspecified atom stereocenters. The van der Waals surface area contributed by atoms with E-state index < -0.39 is 0 Å². The summed E-state index contributed by atoms with van der Waals surface area (Å²) >= 11 is 0. The van der Waals surface area contributed by atoms with Crippen LogP contribution < -0.4 is 10.1 Å². The highest BCUT2D eigenvalue weighted by Crippen LogP contribution is 2.49. The van der Waals surface area contributed by atoms with Crippen LogP contribution in [0.3, 0.4) is 0 Å². The van der Waals surface area contributed by atoms with Gasteiger partial charge in [0.05, 0.1) is 18.2 Å². The summed E-state index contributed by atoms with van der Waals surface area (Å²) in [5.41, 5.74) is 1.76. The maximum atomic E-state index is 13.3. The van der Waals surface area contributed by atoms with Gasteiger partial charge in [-0.3, -0.25) is 9.69 Å². The number of hydrogen-bond donors (Lipinski definition) is 1. The Kier molecular flexibility index (Phi) is 5.40. The number of likely N-dealkylation sites (N-methyl/N-ethyl adjacent to an activating group) is 1. The Balaban J connectivity index is 1.68. The van der Waals surface area contributed by atoms with Crippen LogP contribution in [0.5, 0.6) is 5.75 Å². The van der Waals surface area contributed by atoms with E-state index in [1.54, 1.807) is 0 Å². The number of nitrogens with zero attached hydrogens (tertiary/aromatic N) is 1. The number of fused-ring (bicyclic) bond motifs is 3. The van der Waals surface area contributed by atoms with Crippen molar-refractivity contribution in [1.82, 2.24) is 10.2 Å². The van der Waals surface area contributed by atoms with Crippen molar-refractivity contribution >= 4 is 5.91 Å². The first-order valence-electron chi connectivity index (χ1n) is 10.4. The summed E-state index contributed by atoms with van der Waals surface area (Å²) in [6.07, 6.45) is 4.75. The predicted molar refractivity (Wildman–Crippen MR) is 112 cm³/mol. The lowest BCUT2D eigenvalue weighted by molar-refractivity contribution is -0.0404. The zero-order valence-corrected chi connectivity index (χ0v) is 16.9.